The fourth-order valence-corrected chi connectivity index (χ4v) is 0.803. The molecular formula is C7H5F2NO3. The molecule has 0 aliphatic rings. The third-order valence-corrected chi connectivity index (χ3v) is 1.42. The summed E-state index contributed by atoms with van der Waals surface area (Å²) in [6.07, 6.45) is -2.80. The Balaban J connectivity index is 3.37. The van der Waals surface area contributed by atoms with Crippen molar-refractivity contribution in [2.24, 2.45) is 0 Å². The van der Waals surface area contributed by atoms with Gasteiger partial charge in [-0.1, -0.05) is 0 Å². The molecule has 1 heterocycles. The molecule has 1 rings (SSSR count). The Morgan fingerprint density at radius 1 is 1.54 bits per heavy atom. The summed E-state index contributed by atoms with van der Waals surface area (Å²) in [5.74, 6) is -0.795. The van der Waals surface area contributed by atoms with Crippen LogP contribution in [0.3, 0.4) is 0 Å². The molecule has 0 aliphatic carbocycles. The molecule has 0 radical (unpaired) electrons. The number of H-pyrrole nitrogens is 1. The van der Waals surface area contributed by atoms with E-state index in [1.165, 1.54) is 0 Å². The van der Waals surface area contributed by atoms with Crippen LogP contribution < -0.4 is 5.56 Å². The third-order valence-electron chi connectivity index (χ3n) is 1.42. The second-order valence-corrected chi connectivity index (χ2v) is 2.27. The maximum Gasteiger partial charge on any atom is 0.281 e. The fourth-order valence-electron chi connectivity index (χ4n) is 0.803. The van der Waals surface area contributed by atoms with Gasteiger partial charge in [0, 0.05) is 0 Å². The number of rotatable bonds is 2. The van der Waals surface area contributed by atoms with E-state index in [1.807, 2.05) is 0 Å². The first kappa shape index (κ1) is 9.37. The lowest BCUT2D eigenvalue weighted by atomic mass is 10.2. The quantitative estimate of drug-likeness (QED) is 0.677. The zero-order valence-corrected chi connectivity index (χ0v) is 6.25. The van der Waals surface area contributed by atoms with Gasteiger partial charge >= 0.3 is 0 Å². The molecule has 0 amide bonds. The first-order valence-electron chi connectivity index (χ1n) is 3.25. The molecule has 13 heavy (non-hydrogen) atoms. The van der Waals surface area contributed by atoms with Crippen LogP contribution in [0.4, 0.5) is 8.78 Å². The Hall–Kier alpha value is -1.72. The van der Waals surface area contributed by atoms with Crippen molar-refractivity contribution in [3.05, 3.63) is 27.7 Å². The maximum atomic E-state index is 12.0. The average molecular weight is 189 g/mol. The van der Waals surface area contributed by atoms with Gasteiger partial charge in [0.05, 0.1) is 5.56 Å². The van der Waals surface area contributed by atoms with Gasteiger partial charge in [-0.15, -0.1) is 0 Å². The predicted molar refractivity (Wildman–Crippen MR) is 39.1 cm³/mol. The van der Waals surface area contributed by atoms with Crippen molar-refractivity contribution < 1.29 is 18.7 Å². The summed E-state index contributed by atoms with van der Waals surface area (Å²) in [4.78, 5) is 22.6. The van der Waals surface area contributed by atoms with E-state index in [0.29, 0.717) is 6.07 Å². The molecule has 0 saturated carbocycles. The highest BCUT2D eigenvalue weighted by Crippen LogP contribution is 2.24. The average Bonchev–Trinajstić information content (AvgIpc) is 2.07. The van der Waals surface area contributed by atoms with Gasteiger partial charge in [0.1, 0.15) is 11.4 Å². The molecule has 0 aliphatic heterocycles. The molecule has 1 aromatic rings. The summed E-state index contributed by atoms with van der Waals surface area (Å²) < 4.78 is 24.1. The number of alkyl halides is 2. The van der Waals surface area contributed by atoms with Gasteiger partial charge in [-0.2, -0.15) is 0 Å². The van der Waals surface area contributed by atoms with Crippen LogP contribution in [0.5, 0.6) is 5.75 Å². The minimum atomic E-state index is -2.98. The topological polar surface area (TPSA) is 70.2 Å². The van der Waals surface area contributed by atoms with Gasteiger partial charge in [0.2, 0.25) is 0 Å². The van der Waals surface area contributed by atoms with Crippen molar-refractivity contribution in [1.29, 1.82) is 0 Å². The van der Waals surface area contributed by atoms with Gasteiger partial charge in [0.25, 0.3) is 12.0 Å². The molecule has 6 heteroatoms. The summed E-state index contributed by atoms with van der Waals surface area (Å²) in [5, 5.41) is 8.91. The second-order valence-electron chi connectivity index (χ2n) is 2.27. The van der Waals surface area contributed by atoms with Gasteiger partial charge in [0.15, 0.2) is 6.29 Å². The van der Waals surface area contributed by atoms with Gasteiger partial charge in [-0.3, -0.25) is 9.59 Å². The Labute approximate surface area is 70.8 Å². The number of halogens is 2. The lowest BCUT2D eigenvalue weighted by molar-refractivity contribution is 0.111. The molecular weight excluding hydrogens is 184 g/mol. The van der Waals surface area contributed by atoms with Crippen LogP contribution >= 0.6 is 0 Å². The van der Waals surface area contributed by atoms with E-state index in [-0.39, 0.29) is 11.8 Å². The molecule has 0 bridgehead atoms. The molecule has 2 N–H and O–H groups in total. The molecule has 70 valence electrons. The molecule has 0 atom stereocenters. The van der Waals surface area contributed by atoms with Crippen molar-refractivity contribution in [1.82, 2.24) is 4.98 Å². The number of aromatic nitrogens is 1. The zero-order valence-electron chi connectivity index (χ0n) is 6.25. The van der Waals surface area contributed by atoms with Crippen LogP contribution in [0.25, 0.3) is 0 Å². The van der Waals surface area contributed by atoms with Crippen molar-refractivity contribution in [2.45, 2.75) is 6.43 Å². The van der Waals surface area contributed by atoms with Gasteiger partial charge in [-0.25, -0.2) is 8.78 Å². The lowest BCUT2D eigenvalue weighted by Crippen LogP contribution is -2.14. The predicted octanol–water partition coefficient (Wildman–Crippen LogP) is 0.831. The van der Waals surface area contributed by atoms with E-state index in [4.69, 9.17) is 5.11 Å². The van der Waals surface area contributed by atoms with Crippen LogP contribution in [-0.2, 0) is 0 Å². The minimum Gasteiger partial charge on any atom is -0.506 e. The first-order chi connectivity index (χ1) is 6.06. The highest BCUT2D eigenvalue weighted by Gasteiger charge is 2.15. The summed E-state index contributed by atoms with van der Waals surface area (Å²) in [5.41, 5.74) is -2.21. The molecule has 0 aromatic carbocycles. The minimum absolute atomic E-state index is 0.174. The third kappa shape index (κ3) is 1.71. The van der Waals surface area contributed by atoms with Crippen LogP contribution in [0, 0.1) is 0 Å². The number of hydrogen-bond acceptors (Lipinski definition) is 3. The number of aromatic hydroxyl groups is 1. The van der Waals surface area contributed by atoms with E-state index >= 15 is 0 Å². The van der Waals surface area contributed by atoms with Crippen LogP contribution in [0.1, 0.15) is 22.5 Å². The number of aldehydes is 1. The van der Waals surface area contributed by atoms with E-state index in [9.17, 15) is 18.4 Å². The Morgan fingerprint density at radius 3 is 2.62 bits per heavy atom. The van der Waals surface area contributed by atoms with Crippen LogP contribution in [0.15, 0.2) is 10.9 Å². The smallest absolute Gasteiger partial charge is 0.281 e. The van der Waals surface area contributed by atoms with Gasteiger partial charge < -0.3 is 10.1 Å². The number of hydrogen-bond donors (Lipinski definition) is 2. The van der Waals surface area contributed by atoms with Crippen molar-refractivity contribution in [2.75, 3.05) is 0 Å². The number of pyridine rings is 1. The number of carbonyl (C=O) groups is 1. The van der Waals surface area contributed by atoms with Crippen molar-refractivity contribution in [3.8, 4) is 5.75 Å². The van der Waals surface area contributed by atoms with Crippen molar-refractivity contribution in [3.63, 3.8) is 0 Å². The molecule has 0 saturated heterocycles. The summed E-state index contributed by atoms with van der Waals surface area (Å²) >= 11 is 0. The molecule has 4 nitrogen and oxygen atoms in total. The standard InChI is InChI=1S/C7H5F2NO3/c8-6(9)5-4(12)1-3(2-11)7(13)10-5/h1-2,6,12H,(H,10,13). The molecule has 0 fully saturated rings. The fraction of sp³-hybridized carbons (Fsp3) is 0.143. The highest BCUT2D eigenvalue weighted by molar-refractivity contribution is 5.74. The van der Waals surface area contributed by atoms with E-state index in [1.54, 1.807) is 4.98 Å². The van der Waals surface area contributed by atoms with E-state index in [2.05, 4.69) is 0 Å². The Kier molecular flexibility index (Phi) is 2.41. The Bertz CT molecular complexity index is 386. The molecule has 0 spiro atoms. The highest BCUT2D eigenvalue weighted by atomic mass is 19.3. The normalized spacial score (nSPS) is 10.4. The lowest BCUT2D eigenvalue weighted by Gasteiger charge is -2.02. The summed E-state index contributed by atoms with van der Waals surface area (Å²) in [6.45, 7) is 0. The SMILES string of the molecule is O=Cc1cc(O)c(C(F)F)[nH]c1=O. The summed E-state index contributed by atoms with van der Waals surface area (Å²) in [7, 11) is 0. The maximum absolute atomic E-state index is 12.0. The van der Waals surface area contributed by atoms with Crippen LogP contribution in [0.2, 0.25) is 0 Å². The zero-order chi connectivity index (χ0) is 10.0. The van der Waals surface area contributed by atoms with Crippen LogP contribution in [-0.4, -0.2) is 16.4 Å². The van der Waals surface area contributed by atoms with E-state index < -0.39 is 23.4 Å². The largest absolute Gasteiger partial charge is 0.506 e. The number of aromatic amines is 1. The van der Waals surface area contributed by atoms with E-state index in [0.717, 1.165) is 0 Å². The van der Waals surface area contributed by atoms with Crippen molar-refractivity contribution >= 4 is 6.29 Å². The molecule has 1 aromatic heterocycles. The first-order valence-corrected chi connectivity index (χ1v) is 3.25. The summed E-state index contributed by atoms with van der Waals surface area (Å²) in [6, 6.07) is 0.702. The Morgan fingerprint density at radius 2 is 2.15 bits per heavy atom. The number of carbonyl (C=O) groups excluding carboxylic acids is 1. The number of nitrogens with one attached hydrogen (secondary N) is 1. The monoisotopic (exact) mass is 189 g/mol. The second kappa shape index (κ2) is 3.34. The molecule has 0 unspecified atom stereocenters. The van der Waals surface area contributed by atoms with Gasteiger partial charge in [-0.05, 0) is 6.07 Å².